The van der Waals surface area contributed by atoms with E-state index in [1.807, 2.05) is 50.2 Å². The molecule has 2 rings (SSSR count). The lowest BCUT2D eigenvalue weighted by Gasteiger charge is -2.25. The predicted molar refractivity (Wildman–Crippen MR) is 86.4 cm³/mol. The molecule has 0 bridgehead atoms. The molecule has 2 heteroatoms. The molecule has 0 fully saturated rings. The normalized spacial score (nSPS) is 11.7. The lowest BCUT2D eigenvalue weighted by Crippen LogP contribution is -2.23. The SMILES string of the molecule is Cc1ccc(C(C)C)c(OOC(C)(C)c2ccccc2)c1. The monoisotopic (exact) mass is 284 g/mol. The van der Waals surface area contributed by atoms with Gasteiger partial charge in [-0.15, -0.1) is 0 Å². The Morgan fingerprint density at radius 2 is 1.62 bits per heavy atom. The van der Waals surface area contributed by atoms with Crippen molar-refractivity contribution in [2.24, 2.45) is 0 Å². The van der Waals surface area contributed by atoms with Gasteiger partial charge in [-0.05, 0) is 43.9 Å². The van der Waals surface area contributed by atoms with Crippen molar-refractivity contribution in [1.82, 2.24) is 0 Å². The fourth-order valence-electron chi connectivity index (χ4n) is 2.23. The second kappa shape index (κ2) is 6.31. The number of hydrogen-bond donors (Lipinski definition) is 0. The van der Waals surface area contributed by atoms with Crippen molar-refractivity contribution in [3.63, 3.8) is 0 Å². The van der Waals surface area contributed by atoms with Crippen LogP contribution in [0.15, 0.2) is 48.5 Å². The fraction of sp³-hybridized carbons (Fsp3) is 0.368. The summed E-state index contributed by atoms with van der Waals surface area (Å²) in [6.07, 6.45) is 0. The number of rotatable bonds is 5. The number of benzene rings is 2. The second-order valence-corrected chi connectivity index (χ2v) is 6.24. The molecule has 0 saturated heterocycles. The third-order valence-electron chi connectivity index (χ3n) is 3.60. The Morgan fingerprint density at radius 1 is 0.952 bits per heavy atom. The average Bonchev–Trinajstić information content (AvgIpc) is 2.46. The molecule has 112 valence electrons. The van der Waals surface area contributed by atoms with Crippen LogP contribution >= 0.6 is 0 Å². The minimum absolute atomic E-state index is 0.393. The molecule has 0 aliphatic carbocycles. The zero-order valence-electron chi connectivity index (χ0n) is 13.5. The van der Waals surface area contributed by atoms with Gasteiger partial charge >= 0.3 is 0 Å². The predicted octanol–water partition coefficient (Wildman–Crippen LogP) is 5.36. The van der Waals surface area contributed by atoms with Crippen molar-refractivity contribution in [3.05, 3.63) is 65.2 Å². The van der Waals surface area contributed by atoms with Gasteiger partial charge in [0.2, 0.25) is 0 Å². The van der Waals surface area contributed by atoms with E-state index in [1.54, 1.807) is 0 Å². The van der Waals surface area contributed by atoms with Crippen LogP contribution in [0.2, 0.25) is 0 Å². The van der Waals surface area contributed by atoms with Gasteiger partial charge in [0.15, 0.2) is 5.75 Å². The minimum Gasteiger partial charge on any atom is -0.336 e. The topological polar surface area (TPSA) is 18.5 Å². The Balaban J connectivity index is 2.18. The summed E-state index contributed by atoms with van der Waals surface area (Å²) in [4.78, 5) is 11.4. The Kier molecular flexibility index (Phi) is 4.69. The maximum Gasteiger partial charge on any atom is 0.169 e. The van der Waals surface area contributed by atoms with Crippen LogP contribution in [-0.2, 0) is 10.5 Å². The standard InChI is InChI=1S/C19H24O2/c1-14(2)17-12-11-15(3)13-18(17)20-21-19(4,5)16-9-7-6-8-10-16/h6-14H,1-5H3. The highest BCUT2D eigenvalue weighted by Crippen LogP contribution is 2.31. The van der Waals surface area contributed by atoms with Crippen molar-refractivity contribution >= 4 is 0 Å². The fourth-order valence-corrected chi connectivity index (χ4v) is 2.23. The molecule has 0 aliphatic heterocycles. The molecule has 2 aromatic rings. The van der Waals surface area contributed by atoms with Crippen LogP contribution in [0.25, 0.3) is 0 Å². The quantitative estimate of drug-likeness (QED) is 0.543. The van der Waals surface area contributed by atoms with Gasteiger partial charge in [-0.25, -0.2) is 0 Å². The van der Waals surface area contributed by atoms with Crippen LogP contribution in [0.4, 0.5) is 0 Å². The summed E-state index contributed by atoms with van der Waals surface area (Å²) < 4.78 is 0. The molecule has 0 aromatic heterocycles. The molecule has 0 spiro atoms. The first-order valence-corrected chi connectivity index (χ1v) is 7.42. The second-order valence-electron chi connectivity index (χ2n) is 6.24. The Hall–Kier alpha value is -1.80. The van der Waals surface area contributed by atoms with Crippen LogP contribution in [0.1, 0.15) is 50.3 Å². The molecular formula is C19H24O2. The van der Waals surface area contributed by atoms with E-state index in [0.29, 0.717) is 5.92 Å². The van der Waals surface area contributed by atoms with Gasteiger partial charge in [-0.2, -0.15) is 4.89 Å². The largest absolute Gasteiger partial charge is 0.336 e. The molecule has 2 aromatic carbocycles. The summed E-state index contributed by atoms with van der Waals surface area (Å²) in [5.74, 6) is 1.19. The van der Waals surface area contributed by atoms with Crippen LogP contribution in [0, 0.1) is 6.92 Å². The van der Waals surface area contributed by atoms with E-state index in [1.165, 1.54) is 0 Å². The summed E-state index contributed by atoms with van der Waals surface area (Å²) in [7, 11) is 0. The molecular weight excluding hydrogens is 260 g/mol. The van der Waals surface area contributed by atoms with Crippen LogP contribution < -0.4 is 4.89 Å². The van der Waals surface area contributed by atoms with E-state index >= 15 is 0 Å². The lowest BCUT2D eigenvalue weighted by molar-refractivity contribution is -0.286. The first kappa shape index (κ1) is 15.6. The van der Waals surface area contributed by atoms with Gasteiger partial charge in [0, 0.05) is 5.56 Å². The summed E-state index contributed by atoms with van der Waals surface area (Å²) in [6.45, 7) is 10.4. The van der Waals surface area contributed by atoms with Crippen molar-refractivity contribution in [3.8, 4) is 5.75 Å². The average molecular weight is 284 g/mol. The van der Waals surface area contributed by atoms with Gasteiger partial charge in [0.25, 0.3) is 0 Å². The van der Waals surface area contributed by atoms with Crippen LogP contribution in [-0.4, -0.2) is 0 Å². The highest BCUT2D eigenvalue weighted by Gasteiger charge is 2.24. The molecule has 0 unspecified atom stereocenters. The molecule has 0 N–H and O–H groups in total. The summed E-state index contributed by atoms with van der Waals surface area (Å²) >= 11 is 0. The number of hydrogen-bond acceptors (Lipinski definition) is 2. The van der Waals surface area contributed by atoms with E-state index < -0.39 is 5.60 Å². The lowest BCUT2D eigenvalue weighted by atomic mass is 9.99. The maximum atomic E-state index is 5.75. The van der Waals surface area contributed by atoms with E-state index in [9.17, 15) is 0 Å². The van der Waals surface area contributed by atoms with Crippen LogP contribution in [0.3, 0.4) is 0 Å². The Labute approximate surface area is 127 Å². The maximum absolute atomic E-state index is 5.75. The van der Waals surface area contributed by atoms with Gasteiger partial charge in [-0.1, -0.05) is 56.3 Å². The van der Waals surface area contributed by atoms with E-state index in [4.69, 9.17) is 9.78 Å². The van der Waals surface area contributed by atoms with E-state index in [-0.39, 0.29) is 0 Å². The highest BCUT2D eigenvalue weighted by atomic mass is 17.2. The molecule has 2 nitrogen and oxygen atoms in total. The Morgan fingerprint density at radius 3 is 2.24 bits per heavy atom. The zero-order valence-corrected chi connectivity index (χ0v) is 13.5. The number of aryl methyl sites for hydroxylation is 1. The molecule has 0 amide bonds. The van der Waals surface area contributed by atoms with Crippen molar-refractivity contribution in [2.75, 3.05) is 0 Å². The van der Waals surface area contributed by atoms with Crippen LogP contribution in [0.5, 0.6) is 5.75 Å². The summed E-state index contributed by atoms with van der Waals surface area (Å²) in [5, 5.41) is 0. The van der Waals surface area contributed by atoms with E-state index in [0.717, 1.165) is 22.4 Å². The van der Waals surface area contributed by atoms with Gasteiger partial charge in [0.05, 0.1) is 0 Å². The zero-order chi connectivity index (χ0) is 15.5. The minimum atomic E-state index is -0.501. The summed E-state index contributed by atoms with van der Waals surface area (Å²) in [5.41, 5.74) is 2.91. The molecule has 0 radical (unpaired) electrons. The third kappa shape index (κ3) is 3.85. The third-order valence-corrected chi connectivity index (χ3v) is 3.60. The first-order valence-electron chi connectivity index (χ1n) is 7.42. The van der Waals surface area contributed by atoms with Crippen molar-refractivity contribution in [2.45, 2.75) is 46.1 Å². The van der Waals surface area contributed by atoms with Crippen molar-refractivity contribution in [1.29, 1.82) is 0 Å². The summed E-state index contributed by atoms with van der Waals surface area (Å²) in [6, 6.07) is 16.3. The molecule has 21 heavy (non-hydrogen) atoms. The first-order chi connectivity index (χ1) is 9.90. The van der Waals surface area contributed by atoms with Gasteiger partial charge in [0.1, 0.15) is 5.60 Å². The highest BCUT2D eigenvalue weighted by molar-refractivity contribution is 5.38. The molecule has 0 heterocycles. The Bertz CT molecular complexity index is 586. The molecule has 0 atom stereocenters. The van der Waals surface area contributed by atoms with Gasteiger partial charge in [-0.3, -0.25) is 0 Å². The molecule has 0 aliphatic rings. The van der Waals surface area contributed by atoms with E-state index in [2.05, 4.69) is 32.9 Å². The van der Waals surface area contributed by atoms with Crippen molar-refractivity contribution < 1.29 is 9.78 Å². The smallest absolute Gasteiger partial charge is 0.169 e. The molecule has 0 saturated carbocycles. The van der Waals surface area contributed by atoms with Gasteiger partial charge < -0.3 is 4.89 Å².